The molecule has 4 nitrogen and oxygen atoms in total. The van der Waals surface area contributed by atoms with Gasteiger partial charge in [-0.05, 0) is 18.6 Å². The quantitative estimate of drug-likeness (QED) is 0.662. The SMILES string of the molecule is C=CCCNC(=O)c1cc(Cl)c2c(c1)OCO2. The molecule has 1 N–H and O–H groups in total. The number of carbonyl (C=O) groups excluding carboxylic acids is 1. The van der Waals surface area contributed by atoms with Gasteiger partial charge in [0.15, 0.2) is 11.5 Å². The Bertz CT molecular complexity index is 459. The van der Waals surface area contributed by atoms with Gasteiger partial charge in [-0.2, -0.15) is 0 Å². The molecular weight excluding hydrogens is 242 g/mol. The minimum atomic E-state index is -0.188. The van der Waals surface area contributed by atoms with E-state index in [1.807, 2.05) is 0 Å². The summed E-state index contributed by atoms with van der Waals surface area (Å²) in [6.45, 7) is 4.27. The van der Waals surface area contributed by atoms with Crippen LogP contribution in [-0.2, 0) is 0 Å². The molecule has 90 valence electrons. The maximum atomic E-state index is 11.8. The van der Waals surface area contributed by atoms with Crippen molar-refractivity contribution in [3.8, 4) is 11.5 Å². The Morgan fingerprint density at radius 2 is 2.35 bits per heavy atom. The van der Waals surface area contributed by atoms with E-state index in [2.05, 4.69) is 11.9 Å². The van der Waals surface area contributed by atoms with E-state index in [0.29, 0.717) is 28.6 Å². The molecule has 0 saturated heterocycles. The van der Waals surface area contributed by atoms with Crippen molar-refractivity contribution < 1.29 is 14.3 Å². The van der Waals surface area contributed by atoms with Gasteiger partial charge >= 0.3 is 0 Å². The Hall–Kier alpha value is -1.68. The van der Waals surface area contributed by atoms with Crippen LogP contribution in [0.25, 0.3) is 0 Å². The fourth-order valence-electron chi connectivity index (χ4n) is 1.49. The van der Waals surface area contributed by atoms with Crippen LogP contribution in [0.5, 0.6) is 11.5 Å². The van der Waals surface area contributed by atoms with Crippen molar-refractivity contribution in [3.63, 3.8) is 0 Å². The zero-order valence-corrected chi connectivity index (χ0v) is 9.92. The fourth-order valence-corrected chi connectivity index (χ4v) is 1.75. The normalized spacial score (nSPS) is 12.3. The highest BCUT2D eigenvalue weighted by Gasteiger charge is 2.20. The molecule has 0 unspecified atom stereocenters. The van der Waals surface area contributed by atoms with Crippen molar-refractivity contribution in [3.05, 3.63) is 35.4 Å². The van der Waals surface area contributed by atoms with E-state index in [9.17, 15) is 4.79 Å². The molecule has 1 amide bonds. The standard InChI is InChI=1S/C12H12ClNO3/c1-2-3-4-14-12(15)8-5-9(13)11-10(6-8)16-7-17-11/h2,5-6H,1,3-4,7H2,(H,14,15). The van der Waals surface area contributed by atoms with Gasteiger partial charge in [-0.15, -0.1) is 6.58 Å². The first kappa shape index (κ1) is 11.8. The molecule has 1 aromatic rings. The van der Waals surface area contributed by atoms with E-state index < -0.39 is 0 Å². The molecule has 1 aliphatic heterocycles. The van der Waals surface area contributed by atoms with Gasteiger partial charge in [0.25, 0.3) is 5.91 Å². The van der Waals surface area contributed by atoms with Crippen LogP contribution >= 0.6 is 11.6 Å². The number of halogens is 1. The monoisotopic (exact) mass is 253 g/mol. The van der Waals surface area contributed by atoms with Gasteiger partial charge < -0.3 is 14.8 Å². The van der Waals surface area contributed by atoms with E-state index in [-0.39, 0.29) is 12.7 Å². The summed E-state index contributed by atoms with van der Waals surface area (Å²) in [7, 11) is 0. The average molecular weight is 254 g/mol. The van der Waals surface area contributed by atoms with Crippen molar-refractivity contribution >= 4 is 17.5 Å². The molecule has 0 aliphatic carbocycles. The lowest BCUT2D eigenvalue weighted by Crippen LogP contribution is -2.24. The third kappa shape index (κ3) is 2.53. The summed E-state index contributed by atoms with van der Waals surface area (Å²) in [4.78, 5) is 11.8. The van der Waals surface area contributed by atoms with Crippen LogP contribution in [0, 0.1) is 0 Å². The topological polar surface area (TPSA) is 47.6 Å². The molecular formula is C12H12ClNO3. The Morgan fingerprint density at radius 1 is 1.53 bits per heavy atom. The third-order valence-corrected chi connectivity index (χ3v) is 2.60. The van der Waals surface area contributed by atoms with Crippen LogP contribution in [0.1, 0.15) is 16.8 Å². The van der Waals surface area contributed by atoms with E-state index in [1.54, 1.807) is 18.2 Å². The summed E-state index contributed by atoms with van der Waals surface area (Å²) >= 11 is 5.98. The van der Waals surface area contributed by atoms with Crippen LogP contribution in [0.4, 0.5) is 0 Å². The minimum Gasteiger partial charge on any atom is -0.454 e. The second-order valence-electron chi connectivity index (χ2n) is 3.53. The van der Waals surface area contributed by atoms with Gasteiger partial charge in [0.1, 0.15) is 0 Å². The largest absolute Gasteiger partial charge is 0.454 e. The number of hydrogen-bond acceptors (Lipinski definition) is 3. The number of benzene rings is 1. The van der Waals surface area contributed by atoms with Crippen molar-refractivity contribution in [1.29, 1.82) is 0 Å². The van der Waals surface area contributed by atoms with Gasteiger partial charge in [0.05, 0.1) is 5.02 Å². The number of nitrogens with one attached hydrogen (secondary N) is 1. The van der Waals surface area contributed by atoms with Crippen LogP contribution in [0.15, 0.2) is 24.8 Å². The first-order valence-electron chi connectivity index (χ1n) is 5.20. The van der Waals surface area contributed by atoms with Crippen molar-refractivity contribution in [1.82, 2.24) is 5.32 Å². The van der Waals surface area contributed by atoms with Crippen molar-refractivity contribution in [2.24, 2.45) is 0 Å². The van der Waals surface area contributed by atoms with Crippen LogP contribution in [-0.4, -0.2) is 19.2 Å². The first-order chi connectivity index (χ1) is 8.22. The summed E-state index contributed by atoms with van der Waals surface area (Å²) in [6.07, 6.45) is 2.47. The van der Waals surface area contributed by atoms with Gasteiger partial charge in [-0.1, -0.05) is 17.7 Å². The number of rotatable bonds is 4. The Kier molecular flexibility index (Phi) is 3.54. The molecule has 0 bridgehead atoms. The molecule has 5 heteroatoms. The van der Waals surface area contributed by atoms with E-state index in [0.717, 1.165) is 6.42 Å². The number of fused-ring (bicyclic) bond motifs is 1. The zero-order chi connectivity index (χ0) is 12.3. The molecule has 2 rings (SSSR count). The Morgan fingerprint density at radius 3 is 3.12 bits per heavy atom. The molecule has 17 heavy (non-hydrogen) atoms. The molecule has 0 atom stereocenters. The number of carbonyl (C=O) groups is 1. The Labute approximate surface area is 104 Å². The van der Waals surface area contributed by atoms with Crippen molar-refractivity contribution in [2.75, 3.05) is 13.3 Å². The van der Waals surface area contributed by atoms with Crippen LogP contribution in [0.2, 0.25) is 5.02 Å². The van der Waals surface area contributed by atoms with E-state index in [4.69, 9.17) is 21.1 Å². The number of amides is 1. The third-order valence-electron chi connectivity index (χ3n) is 2.32. The van der Waals surface area contributed by atoms with Crippen LogP contribution in [0.3, 0.4) is 0 Å². The molecule has 1 heterocycles. The smallest absolute Gasteiger partial charge is 0.251 e. The second kappa shape index (κ2) is 5.10. The predicted molar refractivity (Wildman–Crippen MR) is 64.7 cm³/mol. The molecule has 0 fully saturated rings. The lowest BCUT2D eigenvalue weighted by molar-refractivity contribution is 0.0954. The van der Waals surface area contributed by atoms with E-state index >= 15 is 0 Å². The predicted octanol–water partition coefficient (Wildman–Crippen LogP) is 2.37. The van der Waals surface area contributed by atoms with Crippen molar-refractivity contribution in [2.45, 2.75) is 6.42 Å². The highest BCUT2D eigenvalue weighted by molar-refractivity contribution is 6.32. The second-order valence-corrected chi connectivity index (χ2v) is 3.93. The van der Waals surface area contributed by atoms with Gasteiger partial charge in [0, 0.05) is 12.1 Å². The van der Waals surface area contributed by atoms with Crippen LogP contribution < -0.4 is 14.8 Å². The zero-order valence-electron chi connectivity index (χ0n) is 9.16. The van der Waals surface area contributed by atoms with Gasteiger partial charge in [-0.25, -0.2) is 0 Å². The molecule has 1 aliphatic rings. The number of hydrogen-bond donors (Lipinski definition) is 1. The fraction of sp³-hybridized carbons (Fsp3) is 0.250. The van der Waals surface area contributed by atoms with Gasteiger partial charge in [0.2, 0.25) is 6.79 Å². The summed E-state index contributed by atoms with van der Waals surface area (Å²) < 4.78 is 10.4. The van der Waals surface area contributed by atoms with E-state index in [1.165, 1.54) is 0 Å². The lowest BCUT2D eigenvalue weighted by Gasteiger charge is -2.05. The molecule has 0 aromatic heterocycles. The summed E-state index contributed by atoms with van der Waals surface area (Å²) in [5, 5.41) is 3.14. The van der Waals surface area contributed by atoms with Gasteiger partial charge in [-0.3, -0.25) is 4.79 Å². The summed E-state index contributed by atoms with van der Waals surface area (Å²) in [5.41, 5.74) is 0.461. The minimum absolute atomic E-state index is 0.136. The molecule has 0 spiro atoms. The maximum Gasteiger partial charge on any atom is 0.251 e. The summed E-state index contributed by atoms with van der Waals surface area (Å²) in [6, 6.07) is 3.19. The molecule has 0 saturated carbocycles. The highest BCUT2D eigenvalue weighted by atomic mass is 35.5. The first-order valence-corrected chi connectivity index (χ1v) is 5.58. The Balaban J connectivity index is 2.13. The summed E-state index contributed by atoms with van der Waals surface area (Å²) in [5.74, 6) is 0.813. The molecule has 1 aromatic carbocycles. The lowest BCUT2D eigenvalue weighted by atomic mass is 10.2. The average Bonchev–Trinajstić information content (AvgIpc) is 2.77. The molecule has 0 radical (unpaired) electrons. The number of ether oxygens (including phenoxy) is 2. The highest BCUT2D eigenvalue weighted by Crippen LogP contribution is 2.39. The maximum absolute atomic E-state index is 11.8.